The molecule has 2 heterocycles. The third kappa shape index (κ3) is 3.27. The number of phenols is 1. The second kappa shape index (κ2) is 6.45. The van der Waals surface area contributed by atoms with E-state index in [0.717, 1.165) is 16.8 Å². The lowest BCUT2D eigenvalue weighted by Crippen LogP contribution is -2.01. The van der Waals surface area contributed by atoms with Crippen molar-refractivity contribution in [3.8, 4) is 22.9 Å². The molecule has 25 heavy (non-hydrogen) atoms. The first kappa shape index (κ1) is 15.5. The first-order valence-electron chi connectivity index (χ1n) is 7.70. The molecule has 0 spiro atoms. The van der Waals surface area contributed by atoms with E-state index in [-0.39, 0.29) is 5.75 Å². The van der Waals surface area contributed by atoms with Crippen molar-refractivity contribution in [1.29, 1.82) is 0 Å². The molecule has 0 aliphatic heterocycles. The molecule has 5 nitrogen and oxygen atoms in total. The van der Waals surface area contributed by atoms with E-state index in [1.165, 1.54) is 0 Å². The Bertz CT molecular complexity index is 1050. The van der Waals surface area contributed by atoms with Crippen molar-refractivity contribution in [2.75, 3.05) is 0 Å². The molecule has 2 aromatic carbocycles. The highest BCUT2D eigenvalue weighted by Crippen LogP contribution is 2.24. The number of aromatic hydroxyl groups is 1. The van der Waals surface area contributed by atoms with Gasteiger partial charge in [-0.15, -0.1) is 5.10 Å². The maximum absolute atomic E-state index is 9.69. The summed E-state index contributed by atoms with van der Waals surface area (Å²) in [4.78, 5) is 4.34. The Morgan fingerprint density at radius 1 is 1.04 bits per heavy atom. The number of halogens is 1. The third-order valence-electron chi connectivity index (χ3n) is 3.76. The van der Waals surface area contributed by atoms with Gasteiger partial charge in [0.1, 0.15) is 12.4 Å². The van der Waals surface area contributed by atoms with Crippen molar-refractivity contribution in [3.63, 3.8) is 0 Å². The van der Waals surface area contributed by atoms with Gasteiger partial charge in [-0.25, -0.2) is 9.50 Å². The average Bonchev–Trinajstić information content (AvgIpc) is 3.03. The van der Waals surface area contributed by atoms with Crippen LogP contribution in [-0.4, -0.2) is 19.7 Å². The first-order valence-corrected chi connectivity index (χ1v) is 8.08. The summed E-state index contributed by atoms with van der Waals surface area (Å²) < 4.78 is 7.47. The van der Waals surface area contributed by atoms with E-state index >= 15 is 0 Å². The minimum absolute atomic E-state index is 0.195. The molecule has 4 rings (SSSR count). The number of hydrogen-bond acceptors (Lipinski definition) is 4. The SMILES string of the molecule is Oc1cccc(-c2cnc3ccc(OCc4cccc(Cl)c4)nn23)c1. The molecular formula is C19H14ClN3O2. The number of aromatic nitrogens is 3. The summed E-state index contributed by atoms with van der Waals surface area (Å²) in [5.74, 6) is 0.674. The number of hydrogen-bond donors (Lipinski definition) is 1. The molecule has 0 saturated carbocycles. The van der Waals surface area contributed by atoms with Gasteiger partial charge in [0.2, 0.25) is 5.88 Å². The molecular weight excluding hydrogens is 338 g/mol. The largest absolute Gasteiger partial charge is 0.508 e. The lowest BCUT2D eigenvalue weighted by atomic mass is 10.1. The van der Waals surface area contributed by atoms with Gasteiger partial charge in [-0.1, -0.05) is 35.9 Å². The van der Waals surface area contributed by atoms with Crippen molar-refractivity contribution in [2.45, 2.75) is 6.61 Å². The Balaban J connectivity index is 1.64. The quantitative estimate of drug-likeness (QED) is 0.594. The Morgan fingerprint density at radius 3 is 2.76 bits per heavy atom. The van der Waals surface area contributed by atoms with Crippen LogP contribution in [0.2, 0.25) is 5.02 Å². The fourth-order valence-corrected chi connectivity index (χ4v) is 2.79. The molecule has 0 aliphatic carbocycles. The van der Waals surface area contributed by atoms with Crippen molar-refractivity contribution in [3.05, 3.63) is 77.4 Å². The molecule has 0 amide bonds. The molecule has 0 saturated heterocycles. The summed E-state index contributed by atoms with van der Waals surface area (Å²) in [6.07, 6.45) is 1.72. The van der Waals surface area contributed by atoms with Crippen LogP contribution in [0.4, 0.5) is 0 Å². The molecule has 0 fully saturated rings. The monoisotopic (exact) mass is 351 g/mol. The van der Waals surface area contributed by atoms with Crippen LogP contribution in [0, 0.1) is 0 Å². The standard InChI is InChI=1S/C19H14ClN3O2/c20-15-5-1-3-13(9-15)12-25-19-8-7-18-21-11-17(23(18)22-19)14-4-2-6-16(24)10-14/h1-11,24H,12H2. The molecule has 0 unspecified atom stereocenters. The van der Waals surface area contributed by atoms with Gasteiger partial charge < -0.3 is 9.84 Å². The zero-order valence-corrected chi connectivity index (χ0v) is 13.9. The minimum atomic E-state index is 0.195. The zero-order valence-electron chi connectivity index (χ0n) is 13.1. The van der Waals surface area contributed by atoms with E-state index in [1.54, 1.807) is 35.0 Å². The fraction of sp³-hybridized carbons (Fsp3) is 0.0526. The van der Waals surface area contributed by atoms with Crippen LogP contribution < -0.4 is 4.74 Å². The molecule has 124 valence electrons. The van der Waals surface area contributed by atoms with Crippen molar-refractivity contribution in [1.82, 2.24) is 14.6 Å². The van der Waals surface area contributed by atoms with Gasteiger partial charge in [0.15, 0.2) is 5.65 Å². The highest BCUT2D eigenvalue weighted by atomic mass is 35.5. The minimum Gasteiger partial charge on any atom is -0.508 e. The van der Waals surface area contributed by atoms with Crippen LogP contribution in [-0.2, 0) is 6.61 Å². The maximum atomic E-state index is 9.69. The van der Waals surface area contributed by atoms with Crippen molar-refractivity contribution < 1.29 is 9.84 Å². The average molecular weight is 352 g/mol. The van der Waals surface area contributed by atoms with Gasteiger partial charge in [-0.2, -0.15) is 0 Å². The van der Waals surface area contributed by atoms with E-state index in [0.29, 0.717) is 23.2 Å². The second-order valence-electron chi connectivity index (χ2n) is 5.55. The molecule has 4 aromatic rings. The van der Waals surface area contributed by atoms with Crippen molar-refractivity contribution in [2.24, 2.45) is 0 Å². The van der Waals surface area contributed by atoms with E-state index in [9.17, 15) is 5.11 Å². The smallest absolute Gasteiger partial charge is 0.232 e. The number of rotatable bonds is 4. The Hall–Kier alpha value is -3.05. The van der Waals surface area contributed by atoms with Crippen molar-refractivity contribution >= 4 is 17.2 Å². The Kier molecular flexibility index (Phi) is 3.99. The number of nitrogens with zero attached hydrogens (tertiary/aromatic N) is 3. The fourth-order valence-electron chi connectivity index (χ4n) is 2.58. The molecule has 2 aromatic heterocycles. The van der Waals surface area contributed by atoms with Gasteiger partial charge in [0.05, 0.1) is 11.9 Å². The second-order valence-corrected chi connectivity index (χ2v) is 5.99. The zero-order chi connectivity index (χ0) is 17.2. The molecule has 0 bridgehead atoms. The highest BCUT2D eigenvalue weighted by molar-refractivity contribution is 6.30. The van der Waals surface area contributed by atoms with Crippen LogP contribution in [0.25, 0.3) is 16.9 Å². The number of imidazole rings is 1. The van der Waals surface area contributed by atoms with Gasteiger partial charge in [0, 0.05) is 16.7 Å². The van der Waals surface area contributed by atoms with Crippen LogP contribution in [0.15, 0.2) is 66.9 Å². The summed E-state index contributed by atoms with van der Waals surface area (Å²) in [6, 6.07) is 18.1. The van der Waals surface area contributed by atoms with Gasteiger partial charge in [-0.3, -0.25) is 0 Å². The molecule has 0 radical (unpaired) electrons. The summed E-state index contributed by atoms with van der Waals surface area (Å²) in [6.45, 7) is 0.370. The predicted octanol–water partition coefficient (Wildman–Crippen LogP) is 4.33. The highest BCUT2D eigenvalue weighted by Gasteiger charge is 2.09. The summed E-state index contributed by atoms with van der Waals surface area (Å²) in [5.41, 5.74) is 3.27. The molecule has 1 N–H and O–H groups in total. The molecule has 0 aliphatic rings. The van der Waals surface area contributed by atoms with Gasteiger partial charge in [-0.05, 0) is 35.9 Å². The van der Waals surface area contributed by atoms with Crippen LogP contribution >= 0.6 is 11.6 Å². The topological polar surface area (TPSA) is 59.7 Å². The van der Waals surface area contributed by atoms with E-state index < -0.39 is 0 Å². The van der Waals surface area contributed by atoms with Crippen LogP contribution in [0.5, 0.6) is 11.6 Å². The van der Waals surface area contributed by atoms with E-state index in [2.05, 4.69) is 10.1 Å². The first-order chi connectivity index (χ1) is 12.2. The Labute approximate surface area is 149 Å². The third-order valence-corrected chi connectivity index (χ3v) is 3.99. The lowest BCUT2D eigenvalue weighted by Gasteiger charge is -2.07. The number of fused-ring (bicyclic) bond motifs is 1. The normalized spacial score (nSPS) is 10.9. The van der Waals surface area contributed by atoms with Gasteiger partial charge in [0.25, 0.3) is 0 Å². The number of ether oxygens (including phenoxy) is 1. The summed E-state index contributed by atoms with van der Waals surface area (Å²) >= 11 is 5.99. The molecule has 6 heteroatoms. The summed E-state index contributed by atoms with van der Waals surface area (Å²) in [7, 11) is 0. The van der Waals surface area contributed by atoms with E-state index in [1.807, 2.05) is 36.4 Å². The number of benzene rings is 2. The molecule has 0 atom stereocenters. The Morgan fingerprint density at radius 2 is 1.92 bits per heavy atom. The lowest BCUT2D eigenvalue weighted by molar-refractivity contribution is 0.289. The van der Waals surface area contributed by atoms with Gasteiger partial charge >= 0.3 is 0 Å². The van der Waals surface area contributed by atoms with Crippen LogP contribution in [0.3, 0.4) is 0 Å². The predicted molar refractivity (Wildman–Crippen MR) is 95.9 cm³/mol. The number of phenolic OH excluding ortho intramolecular Hbond substituents is 1. The van der Waals surface area contributed by atoms with E-state index in [4.69, 9.17) is 16.3 Å². The van der Waals surface area contributed by atoms with Crippen LogP contribution in [0.1, 0.15) is 5.56 Å². The maximum Gasteiger partial charge on any atom is 0.232 e. The summed E-state index contributed by atoms with van der Waals surface area (Å²) in [5, 5.41) is 14.9.